The fourth-order valence-corrected chi connectivity index (χ4v) is 2.36. The summed E-state index contributed by atoms with van der Waals surface area (Å²) in [6.45, 7) is 9.43. The fourth-order valence-electron chi connectivity index (χ4n) is 2.36. The monoisotopic (exact) mass is 197 g/mol. The molecule has 1 nitrogen and oxygen atoms in total. The average Bonchev–Trinajstić information content (AvgIpc) is 2.18. The highest BCUT2D eigenvalue weighted by atomic mass is 14.9. The summed E-state index contributed by atoms with van der Waals surface area (Å²) < 4.78 is 0. The van der Waals surface area contributed by atoms with Gasteiger partial charge in [0.2, 0.25) is 0 Å². The van der Waals surface area contributed by atoms with E-state index in [2.05, 4.69) is 26.1 Å². The molecule has 0 radical (unpaired) electrons. The standard InChI is InChI=1S/C13H27N/c1-4-8-14-10-13-7-6-12(13)9-11(3)5-2/h11-14H,4-10H2,1-3H3. The summed E-state index contributed by atoms with van der Waals surface area (Å²) in [7, 11) is 0. The molecule has 84 valence electrons. The van der Waals surface area contributed by atoms with Crippen molar-refractivity contribution >= 4 is 0 Å². The Hall–Kier alpha value is -0.0400. The molecule has 1 heteroatoms. The van der Waals surface area contributed by atoms with Crippen molar-refractivity contribution in [1.29, 1.82) is 0 Å². The molecule has 14 heavy (non-hydrogen) atoms. The van der Waals surface area contributed by atoms with E-state index >= 15 is 0 Å². The van der Waals surface area contributed by atoms with E-state index in [4.69, 9.17) is 0 Å². The molecular formula is C13H27N. The molecule has 0 spiro atoms. The molecule has 0 aromatic heterocycles. The van der Waals surface area contributed by atoms with Gasteiger partial charge >= 0.3 is 0 Å². The molecular weight excluding hydrogens is 170 g/mol. The van der Waals surface area contributed by atoms with E-state index in [1.165, 1.54) is 45.2 Å². The predicted molar refractivity (Wildman–Crippen MR) is 63.4 cm³/mol. The molecule has 0 aromatic rings. The van der Waals surface area contributed by atoms with Gasteiger partial charge in [-0.25, -0.2) is 0 Å². The topological polar surface area (TPSA) is 12.0 Å². The third kappa shape index (κ3) is 3.61. The zero-order valence-corrected chi connectivity index (χ0v) is 10.2. The van der Waals surface area contributed by atoms with Crippen LogP contribution in [0.15, 0.2) is 0 Å². The van der Waals surface area contributed by atoms with Gasteiger partial charge in [-0.1, -0.05) is 27.2 Å². The summed E-state index contributed by atoms with van der Waals surface area (Å²) in [5, 5.41) is 3.56. The van der Waals surface area contributed by atoms with E-state index in [0.29, 0.717) is 0 Å². The lowest BCUT2D eigenvalue weighted by atomic mass is 9.69. The Bertz CT molecular complexity index is 144. The van der Waals surface area contributed by atoms with Crippen molar-refractivity contribution in [3.63, 3.8) is 0 Å². The summed E-state index contributed by atoms with van der Waals surface area (Å²) in [5.74, 6) is 2.97. The second-order valence-electron chi connectivity index (χ2n) is 5.05. The number of hydrogen-bond acceptors (Lipinski definition) is 1. The van der Waals surface area contributed by atoms with E-state index in [1.807, 2.05) is 0 Å². The Morgan fingerprint density at radius 3 is 2.43 bits per heavy atom. The van der Waals surface area contributed by atoms with Crippen molar-refractivity contribution in [1.82, 2.24) is 5.32 Å². The quantitative estimate of drug-likeness (QED) is 0.616. The van der Waals surface area contributed by atoms with Crippen molar-refractivity contribution in [3.8, 4) is 0 Å². The zero-order chi connectivity index (χ0) is 10.4. The van der Waals surface area contributed by atoms with Gasteiger partial charge in [0, 0.05) is 0 Å². The van der Waals surface area contributed by atoms with Crippen LogP contribution in [0.25, 0.3) is 0 Å². The van der Waals surface area contributed by atoms with Crippen LogP contribution in [0.5, 0.6) is 0 Å². The van der Waals surface area contributed by atoms with Crippen LogP contribution in [-0.4, -0.2) is 13.1 Å². The predicted octanol–water partition coefficient (Wildman–Crippen LogP) is 3.45. The molecule has 0 aliphatic heterocycles. The van der Waals surface area contributed by atoms with Gasteiger partial charge in [-0.15, -0.1) is 0 Å². The number of rotatable bonds is 7. The van der Waals surface area contributed by atoms with Crippen LogP contribution < -0.4 is 5.32 Å². The molecule has 1 fully saturated rings. The Balaban J connectivity index is 2.09. The Labute approximate surface area is 89.7 Å². The van der Waals surface area contributed by atoms with Gasteiger partial charge in [0.1, 0.15) is 0 Å². The molecule has 0 amide bonds. The molecule has 1 aliphatic rings. The molecule has 3 atom stereocenters. The summed E-state index contributed by atoms with van der Waals surface area (Å²) >= 11 is 0. The van der Waals surface area contributed by atoms with Crippen molar-refractivity contribution < 1.29 is 0 Å². The first-order valence-electron chi connectivity index (χ1n) is 6.48. The molecule has 1 N–H and O–H groups in total. The SMILES string of the molecule is CCCNCC1CCC1CC(C)CC. The van der Waals surface area contributed by atoms with Crippen LogP contribution in [0.4, 0.5) is 0 Å². The van der Waals surface area contributed by atoms with Crippen LogP contribution in [0, 0.1) is 17.8 Å². The second-order valence-corrected chi connectivity index (χ2v) is 5.05. The van der Waals surface area contributed by atoms with E-state index < -0.39 is 0 Å². The first-order valence-corrected chi connectivity index (χ1v) is 6.48. The van der Waals surface area contributed by atoms with E-state index in [0.717, 1.165) is 17.8 Å². The second kappa shape index (κ2) is 6.44. The lowest BCUT2D eigenvalue weighted by Gasteiger charge is -2.38. The Morgan fingerprint density at radius 2 is 1.93 bits per heavy atom. The first kappa shape index (κ1) is 12.0. The maximum absolute atomic E-state index is 3.56. The molecule has 3 unspecified atom stereocenters. The third-order valence-electron chi connectivity index (χ3n) is 3.81. The van der Waals surface area contributed by atoms with Gasteiger partial charge in [0.25, 0.3) is 0 Å². The zero-order valence-electron chi connectivity index (χ0n) is 10.2. The molecule has 0 saturated heterocycles. The highest BCUT2D eigenvalue weighted by molar-refractivity contribution is 4.83. The van der Waals surface area contributed by atoms with E-state index in [-0.39, 0.29) is 0 Å². The van der Waals surface area contributed by atoms with Crippen LogP contribution in [0.3, 0.4) is 0 Å². The minimum absolute atomic E-state index is 0.939. The summed E-state index contributed by atoms with van der Waals surface area (Å²) in [6, 6.07) is 0. The smallest absolute Gasteiger partial charge is 0.00179 e. The fraction of sp³-hybridized carbons (Fsp3) is 1.00. The molecule has 1 saturated carbocycles. The van der Waals surface area contributed by atoms with Crippen molar-refractivity contribution in [3.05, 3.63) is 0 Å². The maximum atomic E-state index is 3.56. The average molecular weight is 197 g/mol. The summed E-state index contributed by atoms with van der Waals surface area (Å²) in [4.78, 5) is 0. The van der Waals surface area contributed by atoms with Gasteiger partial charge < -0.3 is 5.32 Å². The van der Waals surface area contributed by atoms with Gasteiger partial charge in [-0.2, -0.15) is 0 Å². The molecule has 1 aliphatic carbocycles. The lowest BCUT2D eigenvalue weighted by molar-refractivity contribution is 0.140. The normalized spacial score (nSPS) is 28.5. The van der Waals surface area contributed by atoms with Crippen LogP contribution in [0.1, 0.15) is 52.9 Å². The van der Waals surface area contributed by atoms with Crippen molar-refractivity contribution in [2.24, 2.45) is 17.8 Å². The molecule has 0 heterocycles. The maximum Gasteiger partial charge on any atom is -0.00179 e. The summed E-state index contributed by atoms with van der Waals surface area (Å²) in [6.07, 6.45) is 7.05. The molecule has 0 bridgehead atoms. The van der Waals surface area contributed by atoms with E-state index in [9.17, 15) is 0 Å². The first-order chi connectivity index (χ1) is 6.77. The van der Waals surface area contributed by atoms with Gasteiger partial charge in [0.15, 0.2) is 0 Å². The van der Waals surface area contributed by atoms with Crippen molar-refractivity contribution in [2.75, 3.05) is 13.1 Å². The highest BCUT2D eigenvalue weighted by Crippen LogP contribution is 2.38. The Kier molecular flexibility index (Phi) is 5.54. The van der Waals surface area contributed by atoms with Gasteiger partial charge in [-0.05, 0) is 56.5 Å². The number of hydrogen-bond donors (Lipinski definition) is 1. The van der Waals surface area contributed by atoms with Crippen LogP contribution in [0.2, 0.25) is 0 Å². The van der Waals surface area contributed by atoms with Gasteiger partial charge in [-0.3, -0.25) is 0 Å². The minimum Gasteiger partial charge on any atom is -0.316 e. The summed E-state index contributed by atoms with van der Waals surface area (Å²) in [5.41, 5.74) is 0. The molecule has 1 rings (SSSR count). The van der Waals surface area contributed by atoms with Gasteiger partial charge in [0.05, 0.1) is 0 Å². The van der Waals surface area contributed by atoms with Crippen LogP contribution in [-0.2, 0) is 0 Å². The largest absolute Gasteiger partial charge is 0.316 e. The van der Waals surface area contributed by atoms with Crippen LogP contribution >= 0.6 is 0 Å². The number of nitrogens with one attached hydrogen (secondary N) is 1. The lowest BCUT2D eigenvalue weighted by Crippen LogP contribution is -2.36. The third-order valence-corrected chi connectivity index (χ3v) is 3.81. The highest BCUT2D eigenvalue weighted by Gasteiger charge is 2.30. The molecule has 0 aromatic carbocycles. The van der Waals surface area contributed by atoms with E-state index in [1.54, 1.807) is 0 Å². The van der Waals surface area contributed by atoms with Crippen molar-refractivity contribution in [2.45, 2.75) is 52.9 Å². The Morgan fingerprint density at radius 1 is 1.21 bits per heavy atom. The minimum atomic E-state index is 0.939.